The van der Waals surface area contributed by atoms with E-state index in [-0.39, 0.29) is 17.9 Å². The zero-order chi connectivity index (χ0) is 27.6. The zero-order valence-corrected chi connectivity index (χ0v) is 21.9. The molecule has 1 aliphatic heterocycles. The number of nitrogens with zero attached hydrogens (tertiary/aromatic N) is 4. The van der Waals surface area contributed by atoms with Gasteiger partial charge in [-0.2, -0.15) is 0 Å². The average Bonchev–Trinajstić information content (AvgIpc) is 3.32. The molecule has 14 heteroatoms. The number of ether oxygens (including phenoxy) is 3. The van der Waals surface area contributed by atoms with Crippen LogP contribution in [0.1, 0.15) is 26.8 Å². The maximum atomic E-state index is 13.8. The number of benzene rings is 1. The molecule has 5 atom stereocenters. The highest BCUT2D eigenvalue weighted by Gasteiger charge is 2.48. The van der Waals surface area contributed by atoms with Crippen molar-refractivity contribution in [3.05, 3.63) is 59.1 Å². The highest BCUT2D eigenvalue weighted by Crippen LogP contribution is 2.43. The molecule has 3 heterocycles. The van der Waals surface area contributed by atoms with Crippen molar-refractivity contribution >= 4 is 35.3 Å². The van der Waals surface area contributed by atoms with Gasteiger partial charge in [0.2, 0.25) is 0 Å². The summed E-state index contributed by atoms with van der Waals surface area (Å²) in [7, 11) is 0. The minimum atomic E-state index is -1.60. The zero-order valence-electron chi connectivity index (χ0n) is 20.3. The van der Waals surface area contributed by atoms with Crippen LogP contribution >= 0.6 is 23.4 Å². The summed E-state index contributed by atoms with van der Waals surface area (Å²) in [5, 5.41) is 9.14. The van der Waals surface area contributed by atoms with Crippen molar-refractivity contribution in [1.82, 2.24) is 20.0 Å². The Kier molecular flexibility index (Phi) is 8.58. The van der Waals surface area contributed by atoms with Crippen LogP contribution in [-0.4, -0.2) is 56.2 Å². The largest absolute Gasteiger partial charge is 0.463 e. The molecular weight excluding hydrogens is 549 g/mol. The summed E-state index contributed by atoms with van der Waals surface area (Å²) >= 11 is 7.35. The number of carbonyl (C=O) groups excluding carboxylic acids is 2. The van der Waals surface area contributed by atoms with Gasteiger partial charge in [0.1, 0.15) is 23.8 Å². The lowest BCUT2D eigenvalue weighted by Crippen LogP contribution is -2.53. The lowest BCUT2D eigenvalue weighted by Gasteiger charge is -2.44. The van der Waals surface area contributed by atoms with Gasteiger partial charge in [-0.25, -0.2) is 22.8 Å². The summed E-state index contributed by atoms with van der Waals surface area (Å²) in [5.74, 6) is -5.95. The summed E-state index contributed by atoms with van der Waals surface area (Å²) in [4.78, 5) is 27.9. The van der Waals surface area contributed by atoms with E-state index in [0.717, 1.165) is 12.1 Å². The molecule has 0 N–H and O–H groups in total. The Bertz CT molecular complexity index is 1320. The number of carbonyl (C=O) groups is 2. The van der Waals surface area contributed by atoms with Gasteiger partial charge in [-0.15, -0.1) is 5.10 Å². The van der Waals surface area contributed by atoms with Crippen molar-refractivity contribution in [2.24, 2.45) is 5.92 Å². The van der Waals surface area contributed by atoms with E-state index in [2.05, 4.69) is 15.3 Å². The number of thioether (sulfide) groups is 1. The van der Waals surface area contributed by atoms with Gasteiger partial charge in [-0.1, -0.05) is 35.5 Å². The second-order valence-corrected chi connectivity index (χ2v) is 10.1. The van der Waals surface area contributed by atoms with E-state index in [4.69, 9.17) is 25.8 Å². The van der Waals surface area contributed by atoms with Gasteiger partial charge < -0.3 is 14.2 Å². The molecule has 0 amide bonds. The van der Waals surface area contributed by atoms with Crippen LogP contribution in [0.15, 0.2) is 41.7 Å². The van der Waals surface area contributed by atoms with Crippen LogP contribution < -0.4 is 0 Å². The summed E-state index contributed by atoms with van der Waals surface area (Å²) in [6.07, 6.45) is 1.05. The number of hydrogen-bond donors (Lipinski definition) is 0. The fourth-order valence-electron chi connectivity index (χ4n) is 4.08. The van der Waals surface area contributed by atoms with E-state index in [1.807, 2.05) is 6.92 Å². The van der Waals surface area contributed by atoms with Crippen LogP contribution in [0.2, 0.25) is 5.02 Å². The van der Waals surface area contributed by atoms with Crippen LogP contribution in [0.5, 0.6) is 0 Å². The van der Waals surface area contributed by atoms with Crippen molar-refractivity contribution in [1.29, 1.82) is 0 Å². The fraction of sp³-hybridized carbons (Fsp3) is 0.375. The smallest absolute Gasteiger partial charge is 0.303 e. The Balaban J connectivity index is 1.73. The molecule has 1 fully saturated rings. The number of halogens is 4. The van der Waals surface area contributed by atoms with Gasteiger partial charge in [-0.05, 0) is 24.3 Å². The second-order valence-electron chi connectivity index (χ2n) is 8.54. The molecule has 38 heavy (non-hydrogen) atoms. The molecule has 3 aromatic rings. The van der Waals surface area contributed by atoms with E-state index >= 15 is 0 Å². The lowest BCUT2D eigenvalue weighted by molar-refractivity contribution is -0.191. The topological polar surface area (TPSA) is 105 Å². The first-order valence-corrected chi connectivity index (χ1v) is 12.6. The molecule has 9 nitrogen and oxygen atoms in total. The van der Waals surface area contributed by atoms with Crippen molar-refractivity contribution in [3.63, 3.8) is 0 Å². The van der Waals surface area contributed by atoms with Crippen molar-refractivity contribution in [2.45, 2.75) is 49.5 Å². The summed E-state index contributed by atoms with van der Waals surface area (Å²) in [5.41, 5.74) is -0.589. The molecule has 4 rings (SSSR count). The Morgan fingerprint density at radius 3 is 2.50 bits per heavy atom. The maximum absolute atomic E-state index is 13.8. The maximum Gasteiger partial charge on any atom is 0.303 e. The van der Waals surface area contributed by atoms with E-state index in [9.17, 15) is 22.8 Å². The molecule has 2 unspecified atom stereocenters. The molecule has 0 bridgehead atoms. The van der Waals surface area contributed by atoms with E-state index in [1.54, 1.807) is 12.1 Å². The van der Waals surface area contributed by atoms with Crippen LogP contribution in [0.4, 0.5) is 13.2 Å². The monoisotopic (exact) mass is 570 g/mol. The van der Waals surface area contributed by atoms with Crippen LogP contribution in [-0.2, 0) is 23.8 Å². The van der Waals surface area contributed by atoms with Crippen LogP contribution in [0, 0.1) is 23.4 Å². The molecular formula is C24H22ClF3N4O5S. The first-order chi connectivity index (χ1) is 18.0. The fourth-order valence-corrected chi connectivity index (χ4v) is 5.43. The Morgan fingerprint density at radius 2 is 1.87 bits per heavy atom. The average molecular weight is 571 g/mol. The molecule has 202 valence electrons. The predicted molar refractivity (Wildman–Crippen MR) is 129 cm³/mol. The number of hydrogen-bond acceptors (Lipinski definition) is 9. The lowest BCUT2D eigenvalue weighted by atomic mass is 9.90. The van der Waals surface area contributed by atoms with Gasteiger partial charge in [0.25, 0.3) is 0 Å². The van der Waals surface area contributed by atoms with Crippen molar-refractivity contribution in [2.75, 3.05) is 6.61 Å². The Labute approximate surface area is 224 Å². The van der Waals surface area contributed by atoms with Crippen molar-refractivity contribution in [3.8, 4) is 11.3 Å². The summed E-state index contributed by atoms with van der Waals surface area (Å²) in [6.45, 7) is 4.05. The molecule has 1 aliphatic rings. The molecule has 1 saturated heterocycles. The first-order valence-electron chi connectivity index (χ1n) is 11.3. The molecule has 1 aromatic carbocycles. The third-order valence-electron chi connectivity index (χ3n) is 5.76. The van der Waals surface area contributed by atoms with E-state index < -0.39 is 59.0 Å². The standard InChI is InChI=1S/C24H22ClF3N4O5S/c1-11-22(32-9-18(30-31-32)14-6-16(26)21(28)17(27)7-14)23(36-13(3)34)19(10-35-12(2)33)37-24(11)38-20-8-15(25)4-5-29-20/h4-9,11,19,22-24H,10H2,1-3H3/t11?,19?,22-,23+,24-/m1/s1. The van der Waals surface area contributed by atoms with Gasteiger partial charge in [0, 0.05) is 36.5 Å². The van der Waals surface area contributed by atoms with Crippen molar-refractivity contribution < 1.29 is 37.0 Å². The SMILES string of the molecule is CC(=O)OCC1O[C@H](Sc2cc(Cl)ccn2)C(C)[C@@H](n2cc(-c3cc(F)c(F)c(F)c3)nn2)[C@H]1OC(C)=O. The quantitative estimate of drug-likeness (QED) is 0.298. The van der Waals surface area contributed by atoms with Crippen LogP contribution in [0.25, 0.3) is 11.3 Å². The van der Waals surface area contributed by atoms with E-state index in [0.29, 0.717) is 10.0 Å². The van der Waals surface area contributed by atoms with Crippen LogP contribution in [0.3, 0.4) is 0 Å². The summed E-state index contributed by atoms with van der Waals surface area (Å²) in [6, 6.07) is 4.16. The minimum absolute atomic E-state index is 0.0399. The third-order valence-corrected chi connectivity index (χ3v) is 7.23. The van der Waals surface area contributed by atoms with Gasteiger partial charge >= 0.3 is 11.9 Å². The number of pyridine rings is 1. The molecule has 0 aliphatic carbocycles. The summed E-state index contributed by atoms with van der Waals surface area (Å²) < 4.78 is 59.5. The highest BCUT2D eigenvalue weighted by molar-refractivity contribution is 7.99. The minimum Gasteiger partial charge on any atom is -0.463 e. The van der Waals surface area contributed by atoms with E-state index in [1.165, 1.54) is 42.7 Å². The van der Waals surface area contributed by atoms with Gasteiger partial charge in [-0.3, -0.25) is 9.59 Å². The Hall–Kier alpha value is -3.16. The normalized spacial score (nSPS) is 23.2. The number of esters is 2. The Morgan fingerprint density at radius 1 is 1.16 bits per heavy atom. The van der Waals surface area contributed by atoms with Gasteiger partial charge in [0.05, 0.1) is 17.3 Å². The molecule has 0 saturated carbocycles. The third kappa shape index (κ3) is 6.27. The number of rotatable bonds is 7. The first kappa shape index (κ1) is 27.9. The molecule has 0 radical (unpaired) electrons. The highest BCUT2D eigenvalue weighted by atomic mass is 35.5. The second kappa shape index (κ2) is 11.7. The van der Waals surface area contributed by atoms with Gasteiger partial charge in [0.15, 0.2) is 23.6 Å². The predicted octanol–water partition coefficient (Wildman–Crippen LogP) is 4.60. The number of aromatic nitrogens is 4. The molecule has 2 aromatic heterocycles. The molecule has 0 spiro atoms.